The summed E-state index contributed by atoms with van der Waals surface area (Å²) in [5.41, 5.74) is 4.02. The Hall–Kier alpha value is -2.46. The van der Waals surface area contributed by atoms with E-state index in [-0.39, 0.29) is 11.7 Å². The van der Waals surface area contributed by atoms with Crippen molar-refractivity contribution in [3.05, 3.63) is 58.2 Å². The first-order chi connectivity index (χ1) is 11.4. The van der Waals surface area contributed by atoms with Gasteiger partial charge < -0.3 is 15.0 Å². The third kappa shape index (κ3) is 2.74. The first kappa shape index (κ1) is 16.4. The molecule has 0 aliphatic carbocycles. The summed E-state index contributed by atoms with van der Waals surface area (Å²) in [7, 11) is 0. The number of halogens is 1. The van der Waals surface area contributed by atoms with Gasteiger partial charge in [0.25, 0.3) is 5.91 Å². The van der Waals surface area contributed by atoms with Crippen LogP contribution in [0.25, 0.3) is 10.9 Å². The highest BCUT2D eigenvalue weighted by Gasteiger charge is 2.20. The van der Waals surface area contributed by atoms with E-state index in [0.29, 0.717) is 22.9 Å². The van der Waals surface area contributed by atoms with Crippen LogP contribution in [-0.2, 0) is 6.54 Å². The molecule has 2 aromatic carbocycles. The zero-order chi connectivity index (χ0) is 17.4. The molecule has 0 spiro atoms. The Labute approximate surface area is 145 Å². The predicted octanol–water partition coefficient (Wildman–Crippen LogP) is 4.89. The monoisotopic (exact) mass is 342 g/mol. The Morgan fingerprint density at radius 1 is 1.21 bits per heavy atom. The summed E-state index contributed by atoms with van der Waals surface area (Å²) < 4.78 is 1.99. The molecule has 0 aliphatic rings. The number of aromatic nitrogens is 1. The van der Waals surface area contributed by atoms with Crippen molar-refractivity contribution in [3.8, 4) is 5.75 Å². The van der Waals surface area contributed by atoms with Crippen molar-refractivity contribution in [2.45, 2.75) is 27.3 Å². The van der Waals surface area contributed by atoms with Gasteiger partial charge in [0, 0.05) is 28.2 Å². The van der Waals surface area contributed by atoms with Gasteiger partial charge in [0.2, 0.25) is 0 Å². The molecule has 2 N–H and O–H groups in total. The Balaban J connectivity index is 2.08. The number of hydrogen-bond donors (Lipinski definition) is 2. The van der Waals surface area contributed by atoms with E-state index in [2.05, 4.69) is 5.32 Å². The van der Waals surface area contributed by atoms with Gasteiger partial charge in [-0.1, -0.05) is 11.6 Å². The van der Waals surface area contributed by atoms with Crippen molar-refractivity contribution in [2.24, 2.45) is 0 Å². The molecule has 24 heavy (non-hydrogen) atoms. The maximum Gasteiger partial charge on any atom is 0.272 e. The van der Waals surface area contributed by atoms with Crippen LogP contribution in [-0.4, -0.2) is 15.6 Å². The second-order valence-corrected chi connectivity index (χ2v) is 6.27. The van der Waals surface area contributed by atoms with E-state index < -0.39 is 0 Å². The van der Waals surface area contributed by atoms with Crippen LogP contribution in [0.1, 0.15) is 28.5 Å². The Kier molecular flexibility index (Phi) is 4.24. The van der Waals surface area contributed by atoms with E-state index in [1.54, 1.807) is 18.2 Å². The lowest BCUT2D eigenvalue weighted by Crippen LogP contribution is -2.18. The number of aryl methyl sites for hydroxylation is 3. The lowest BCUT2D eigenvalue weighted by Gasteiger charge is -2.12. The molecule has 0 saturated carbocycles. The molecular weight excluding hydrogens is 324 g/mol. The van der Waals surface area contributed by atoms with Gasteiger partial charge >= 0.3 is 0 Å². The van der Waals surface area contributed by atoms with Gasteiger partial charge in [-0.2, -0.15) is 0 Å². The highest BCUT2D eigenvalue weighted by atomic mass is 35.5. The highest BCUT2D eigenvalue weighted by molar-refractivity contribution is 6.31. The van der Waals surface area contributed by atoms with Gasteiger partial charge in [-0.25, -0.2) is 0 Å². The smallest absolute Gasteiger partial charge is 0.272 e. The lowest BCUT2D eigenvalue weighted by atomic mass is 10.1. The normalized spacial score (nSPS) is 11.0. The Bertz CT molecular complexity index is 944. The molecule has 0 atom stereocenters. The zero-order valence-corrected chi connectivity index (χ0v) is 14.6. The summed E-state index contributed by atoms with van der Waals surface area (Å²) in [4.78, 5) is 12.9. The van der Waals surface area contributed by atoms with Gasteiger partial charge in [-0.15, -0.1) is 0 Å². The molecule has 124 valence electrons. The molecule has 0 fully saturated rings. The summed E-state index contributed by atoms with van der Waals surface area (Å²) >= 11 is 6.11. The lowest BCUT2D eigenvalue weighted by molar-refractivity contribution is 0.101. The fourth-order valence-corrected chi connectivity index (χ4v) is 3.26. The third-order valence-electron chi connectivity index (χ3n) is 4.27. The van der Waals surface area contributed by atoms with E-state index in [0.717, 1.165) is 22.0 Å². The van der Waals surface area contributed by atoms with Crippen LogP contribution in [0, 0.1) is 13.8 Å². The third-order valence-corrected chi connectivity index (χ3v) is 4.50. The van der Waals surface area contributed by atoms with Crippen molar-refractivity contribution in [1.29, 1.82) is 0 Å². The molecule has 0 aliphatic heterocycles. The molecule has 1 heterocycles. The summed E-state index contributed by atoms with van der Waals surface area (Å²) in [6, 6.07) is 10.6. The molecule has 3 aromatic rings. The van der Waals surface area contributed by atoms with Gasteiger partial charge in [0.15, 0.2) is 0 Å². The molecule has 4 nitrogen and oxygen atoms in total. The number of anilines is 1. The van der Waals surface area contributed by atoms with Crippen LogP contribution in [0.5, 0.6) is 5.75 Å². The van der Waals surface area contributed by atoms with Crippen LogP contribution in [0.3, 0.4) is 0 Å². The number of fused-ring (bicyclic) bond motifs is 1. The molecule has 0 bridgehead atoms. The fraction of sp³-hybridized carbons (Fsp3) is 0.211. The fourth-order valence-electron chi connectivity index (χ4n) is 3.09. The van der Waals surface area contributed by atoms with Gasteiger partial charge in [-0.3, -0.25) is 4.79 Å². The van der Waals surface area contributed by atoms with Crippen LogP contribution in [0.15, 0.2) is 36.4 Å². The van der Waals surface area contributed by atoms with Crippen molar-refractivity contribution in [3.63, 3.8) is 0 Å². The van der Waals surface area contributed by atoms with Gasteiger partial charge in [-0.05, 0) is 68.3 Å². The number of carbonyl (C=O) groups excluding carboxylic acids is 1. The number of nitrogens with zero attached hydrogens (tertiary/aromatic N) is 1. The van der Waals surface area contributed by atoms with Gasteiger partial charge in [0.1, 0.15) is 11.4 Å². The van der Waals surface area contributed by atoms with Crippen molar-refractivity contribution in [2.75, 3.05) is 5.32 Å². The molecule has 1 amide bonds. The van der Waals surface area contributed by atoms with Crippen LogP contribution in [0.4, 0.5) is 5.69 Å². The molecular formula is C19H19ClN2O2. The van der Waals surface area contributed by atoms with Crippen LogP contribution >= 0.6 is 11.6 Å². The van der Waals surface area contributed by atoms with E-state index in [4.69, 9.17) is 11.6 Å². The standard InChI is InChI=1S/C19H19ClN2O2/c1-4-22-17-8-5-13(20)10-15(17)12(3)18(22)19(24)21-16-7-6-14(23)9-11(16)2/h5-10,23H,4H2,1-3H3,(H,21,24). The van der Waals surface area contributed by atoms with E-state index >= 15 is 0 Å². The summed E-state index contributed by atoms with van der Waals surface area (Å²) in [5.74, 6) is 0.00876. The second kappa shape index (κ2) is 6.21. The van der Waals surface area contributed by atoms with Crippen molar-refractivity contribution >= 4 is 34.1 Å². The summed E-state index contributed by atoms with van der Waals surface area (Å²) in [6.07, 6.45) is 0. The first-order valence-corrected chi connectivity index (χ1v) is 8.19. The molecule has 3 rings (SSSR count). The Morgan fingerprint density at radius 3 is 2.62 bits per heavy atom. The number of benzene rings is 2. The summed E-state index contributed by atoms with van der Waals surface area (Å²) in [5, 5.41) is 14.1. The average molecular weight is 343 g/mol. The minimum atomic E-state index is -0.171. The first-order valence-electron chi connectivity index (χ1n) is 7.81. The number of amides is 1. The number of aromatic hydroxyl groups is 1. The minimum absolute atomic E-state index is 0.171. The second-order valence-electron chi connectivity index (χ2n) is 5.83. The zero-order valence-electron chi connectivity index (χ0n) is 13.9. The predicted molar refractivity (Wildman–Crippen MR) is 98.2 cm³/mol. The van der Waals surface area contributed by atoms with Gasteiger partial charge in [0.05, 0.1) is 0 Å². The molecule has 0 saturated heterocycles. The number of carbonyl (C=O) groups is 1. The molecule has 5 heteroatoms. The van der Waals surface area contributed by atoms with Crippen molar-refractivity contribution in [1.82, 2.24) is 4.57 Å². The maximum atomic E-state index is 12.9. The van der Waals surface area contributed by atoms with E-state index in [1.807, 2.05) is 43.5 Å². The quantitative estimate of drug-likeness (QED) is 0.666. The van der Waals surface area contributed by atoms with Crippen molar-refractivity contribution < 1.29 is 9.90 Å². The number of rotatable bonds is 3. The SMILES string of the molecule is CCn1c(C(=O)Nc2ccc(O)cc2C)c(C)c2cc(Cl)ccc21. The highest BCUT2D eigenvalue weighted by Crippen LogP contribution is 2.29. The number of phenolic OH excluding ortho intramolecular Hbond substituents is 1. The molecule has 0 radical (unpaired) electrons. The van der Waals surface area contributed by atoms with E-state index in [9.17, 15) is 9.90 Å². The maximum absolute atomic E-state index is 12.9. The molecule has 1 aromatic heterocycles. The average Bonchev–Trinajstić information content (AvgIpc) is 2.82. The number of phenols is 1. The number of nitrogens with one attached hydrogen (secondary N) is 1. The van der Waals surface area contributed by atoms with E-state index in [1.165, 1.54) is 0 Å². The van der Waals surface area contributed by atoms with Crippen LogP contribution in [0.2, 0.25) is 5.02 Å². The minimum Gasteiger partial charge on any atom is -0.508 e. The Morgan fingerprint density at radius 2 is 1.96 bits per heavy atom. The topological polar surface area (TPSA) is 54.3 Å². The molecule has 0 unspecified atom stereocenters. The largest absolute Gasteiger partial charge is 0.508 e. The van der Waals surface area contributed by atoms with Crippen LogP contribution < -0.4 is 5.32 Å². The number of hydrogen-bond acceptors (Lipinski definition) is 2. The summed E-state index contributed by atoms with van der Waals surface area (Å²) in [6.45, 7) is 6.47.